The van der Waals surface area contributed by atoms with Crippen LogP contribution in [0.25, 0.3) is 0 Å². The average Bonchev–Trinajstić information content (AvgIpc) is 3.53. The molecule has 9 unspecified atom stereocenters. The van der Waals surface area contributed by atoms with Gasteiger partial charge in [-0.05, 0) is 32.1 Å². The Balaban J connectivity index is 1.56. The van der Waals surface area contributed by atoms with Crippen molar-refractivity contribution in [2.75, 3.05) is 132 Å². The highest BCUT2D eigenvalue weighted by Crippen LogP contribution is 2.29. The number of methoxy groups -OCH3 is 1. The molecular weight excluding hydrogens is 1120 g/mol. The summed E-state index contributed by atoms with van der Waals surface area (Å²) >= 11 is 0. The Morgan fingerprint density at radius 1 is 0.393 bits per heavy atom. The Morgan fingerprint density at radius 3 is 1.06 bits per heavy atom. The topological polar surface area (TPSA) is 429 Å². The predicted molar refractivity (Wildman–Crippen MR) is 293 cm³/mol. The van der Waals surface area contributed by atoms with Gasteiger partial charge < -0.3 is 125 Å². The summed E-state index contributed by atoms with van der Waals surface area (Å²) in [6, 6.07) is 0. The summed E-state index contributed by atoms with van der Waals surface area (Å²) in [7, 11) is 1.56. The standard InChI is InChI=1S/C54H99N5O25/c1-34-45(68)48(71)37(28-60)82-51(34)79-20-7-16-56-41(64)12-23-75-26-27-78-33-54(59-44(67)11-5-10-40(63)55-15-6-19-74-4,31-76-24-13-42(65)57-17-8-21-80-52-35(2)46(69)49(72)38(29-61)83-52)32-77-25-14-43(66)58-18-9-22-81-53-36(3)47(70)50(73)39(30-62)84-53/h34-39,45-53,60-62,68-73H,5-33H2,1-4H3,(H,55,63)(H,56,64)(H,57,65)(H,58,66)(H,59,67)/t34?,35?,36?,37?,38?,39?,45-,46-,47-,48?,49?,50?,51-,52-,53-,54?/m1/s1. The first-order chi connectivity index (χ1) is 40.3. The van der Waals surface area contributed by atoms with Gasteiger partial charge in [-0.2, -0.15) is 0 Å². The summed E-state index contributed by atoms with van der Waals surface area (Å²) in [5.74, 6) is -3.41. The van der Waals surface area contributed by atoms with Gasteiger partial charge in [0.2, 0.25) is 29.5 Å². The lowest BCUT2D eigenvalue weighted by Gasteiger charge is -2.40. The van der Waals surface area contributed by atoms with E-state index in [0.29, 0.717) is 38.8 Å². The predicted octanol–water partition coefficient (Wildman–Crippen LogP) is -4.80. The van der Waals surface area contributed by atoms with E-state index >= 15 is 0 Å². The third-order valence-corrected chi connectivity index (χ3v) is 14.3. The van der Waals surface area contributed by atoms with Gasteiger partial charge in [-0.1, -0.05) is 20.8 Å². The summed E-state index contributed by atoms with van der Waals surface area (Å²) < 4.78 is 62.6. The smallest absolute Gasteiger partial charge is 0.222 e. The molecular formula is C54H99N5O25. The first kappa shape index (κ1) is 74.8. The van der Waals surface area contributed by atoms with Crippen LogP contribution in [0.1, 0.15) is 85.0 Å². The number of ether oxygens (including phenoxy) is 11. The summed E-state index contributed by atoms with van der Waals surface area (Å²) in [5.41, 5.74) is -1.40. The van der Waals surface area contributed by atoms with Crippen LogP contribution in [0.5, 0.6) is 0 Å². The summed E-state index contributed by atoms with van der Waals surface area (Å²) in [5, 5.41) is 104. The van der Waals surface area contributed by atoms with Crippen LogP contribution in [0.15, 0.2) is 0 Å². The molecule has 490 valence electrons. The van der Waals surface area contributed by atoms with Gasteiger partial charge in [0, 0.05) is 89.8 Å². The minimum atomic E-state index is -1.40. The average molecular weight is 1220 g/mol. The number of aliphatic hydroxyl groups excluding tert-OH is 9. The molecule has 14 N–H and O–H groups in total. The molecule has 0 aromatic rings. The van der Waals surface area contributed by atoms with E-state index in [-0.39, 0.29) is 154 Å². The molecule has 0 aromatic heterocycles. The fourth-order valence-corrected chi connectivity index (χ4v) is 9.05. The second-order valence-electron chi connectivity index (χ2n) is 21.3. The largest absolute Gasteiger partial charge is 0.394 e. The van der Waals surface area contributed by atoms with Crippen LogP contribution >= 0.6 is 0 Å². The zero-order chi connectivity index (χ0) is 61.9. The molecule has 15 atom stereocenters. The Hall–Kier alpha value is -3.45. The second kappa shape index (κ2) is 42.4. The molecule has 5 amide bonds. The molecule has 0 bridgehead atoms. The molecule has 84 heavy (non-hydrogen) atoms. The Labute approximate surface area is 491 Å². The highest BCUT2D eigenvalue weighted by molar-refractivity contribution is 5.79. The fraction of sp³-hybridized carbons (Fsp3) is 0.907. The maximum atomic E-state index is 13.6. The molecule has 3 heterocycles. The molecule has 3 rings (SSSR count). The number of hydrogen-bond acceptors (Lipinski definition) is 25. The molecule has 0 spiro atoms. The normalized spacial score (nSPS) is 28.7. The van der Waals surface area contributed by atoms with Crippen LogP contribution in [0.3, 0.4) is 0 Å². The zero-order valence-corrected chi connectivity index (χ0v) is 49.2. The van der Waals surface area contributed by atoms with E-state index in [2.05, 4.69) is 26.6 Å². The molecule has 0 aromatic carbocycles. The number of amides is 5. The summed E-state index contributed by atoms with van der Waals surface area (Å²) in [6.45, 7) is 4.68. The number of carbonyl (C=O) groups excluding carboxylic acids is 5. The third kappa shape index (κ3) is 27.7. The van der Waals surface area contributed by atoms with E-state index in [9.17, 15) is 69.9 Å². The van der Waals surface area contributed by atoms with Crippen LogP contribution < -0.4 is 26.6 Å². The first-order valence-corrected chi connectivity index (χ1v) is 29.2. The van der Waals surface area contributed by atoms with Gasteiger partial charge in [0.15, 0.2) is 18.9 Å². The Kier molecular flexibility index (Phi) is 37.8. The van der Waals surface area contributed by atoms with Crippen molar-refractivity contribution in [3.8, 4) is 0 Å². The summed E-state index contributed by atoms with van der Waals surface area (Å²) in [6.07, 6.45) is -11.0. The van der Waals surface area contributed by atoms with Gasteiger partial charge in [0.05, 0.1) is 111 Å². The van der Waals surface area contributed by atoms with Crippen LogP contribution in [0.2, 0.25) is 0 Å². The van der Waals surface area contributed by atoms with Crippen LogP contribution in [0.4, 0.5) is 0 Å². The quantitative estimate of drug-likeness (QED) is 0.0254. The zero-order valence-electron chi connectivity index (χ0n) is 49.2. The minimum absolute atomic E-state index is 0.00471. The first-order valence-electron chi connectivity index (χ1n) is 29.2. The monoisotopic (exact) mass is 1220 g/mol. The molecule has 3 saturated heterocycles. The van der Waals surface area contributed by atoms with E-state index in [1.54, 1.807) is 27.9 Å². The number of rotatable bonds is 45. The van der Waals surface area contributed by atoms with Crippen molar-refractivity contribution in [2.45, 2.75) is 164 Å². The van der Waals surface area contributed by atoms with Crippen LogP contribution in [-0.2, 0) is 76.1 Å². The van der Waals surface area contributed by atoms with Crippen LogP contribution in [-0.4, -0.2) is 287 Å². The minimum Gasteiger partial charge on any atom is -0.394 e. The number of carbonyl (C=O) groups is 5. The number of nitrogens with one attached hydrogen (secondary N) is 5. The summed E-state index contributed by atoms with van der Waals surface area (Å²) in [4.78, 5) is 64.4. The molecule has 0 saturated carbocycles. The number of hydrogen-bond donors (Lipinski definition) is 14. The van der Waals surface area contributed by atoms with Gasteiger partial charge in [-0.15, -0.1) is 0 Å². The third-order valence-electron chi connectivity index (χ3n) is 14.3. The SMILES string of the molecule is COCCCNC(=O)CCCC(=O)NC(COCCOCCC(=O)NCCCO[C@@H]1OC(CO)C(O)[C@H](O)C1C)(COCCC(=O)NCCCO[C@@H]1OC(CO)C(O)[C@H](O)C1C)COCCC(=O)NCCCO[C@@H]1OC(CO)C(O)[C@H](O)C1C. The highest BCUT2D eigenvalue weighted by atomic mass is 16.7. The molecule has 0 aliphatic carbocycles. The molecule has 3 aliphatic heterocycles. The van der Waals surface area contributed by atoms with Crippen molar-refractivity contribution in [3.63, 3.8) is 0 Å². The Morgan fingerprint density at radius 2 is 0.702 bits per heavy atom. The number of aliphatic hydroxyl groups is 9. The lowest BCUT2D eigenvalue weighted by atomic mass is 9.92. The van der Waals surface area contributed by atoms with Crippen molar-refractivity contribution in [1.82, 2.24) is 26.6 Å². The van der Waals surface area contributed by atoms with E-state index in [4.69, 9.17) is 52.1 Å². The van der Waals surface area contributed by atoms with Gasteiger partial charge >= 0.3 is 0 Å². The second-order valence-corrected chi connectivity index (χ2v) is 21.3. The van der Waals surface area contributed by atoms with Gasteiger partial charge in [0.25, 0.3) is 0 Å². The van der Waals surface area contributed by atoms with Gasteiger partial charge in [0.1, 0.15) is 42.2 Å². The van der Waals surface area contributed by atoms with Crippen LogP contribution in [0, 0.1) is 17.8 Å². The van der Waals surface area contributed by atoms with Crippen molar-refractivity contribution < 1.29 is 122 Å². The van der Waals surface area contributed by atoms with Crippen molar-refractivity contribution >= 4 is 29.5 Å². The lowest BCUT2D eigenvalue weighted by Crippen LogP contribution is -2.58. The van der Waals surface area contributed by atoms with E-state index in [0.717, 1.165) is 0 Å². The maximum absolute atomic E-state index is 13.6. The van der Waals surface area contributed by atoms with Crippen molar-refractivity contribution in [1.29, 1.82) is 0 Å². The van der Waals surface area contributed by atoms with E-state index in [1.807, 2.05) is 0 Å². The molecule has 0 radical (unpaired) electrons. The highest BCUT2D eigenvalue weighted by Gasteiger charge is 2.45. The lowest BCUT2D eigenvalue weighted by molar-refractivity contribution is -0.282. The fourth-order valence-electron chi connectivity index (χ4n) is 9.05. The van der Waals surface area contributed by atoms with Crippen molar-refractivity contribution in [3.05, 3.63) is 0 Å². The Bertz CT molecular complexity index is 1760. The van der Waals surface area contributed by atoms with Gasteiger partial charge in [-0.25, -0.2) is 0 Å². The van der Waals surface area contributed by atoms with E-state index in [1.165, 1.54) is 0 Å². The molecule has 30 heteroatoms. The maximum Gasteiger partial charge on any atom is 0.222 e. The molecule has 3 fully saturated rings. The molecule has 3 aliphatic rings. The van der Waals surface area contributed by atoms with Gasteiger partial charge in [-0.3, -0.25) is 24.0 Å². The molecule has 30 nitrogen and oxygen atoms in total. The van der Waals surface area contributed by atoms with Crippen molar-refractivity contribution in [2.24, 2.45) is 17.8 Å². The van der Waals surface area contributed by atoms with E-state index < -0.39 is 123 Å².